The Hall–Kier alpha value is -1.79. The van der Waals surface area contributed by atoms with Crippen molar-refractivity contribution in [1.29, 1.82) is 0 Å². The van der Waals surface area contributed by atoms with Gasteiger partial charge in [0, 0.05) is 31.7 Å². The summed E-state index contributed by atoms with van der Waals surface area (Å²) >= 11 is 6.37. The molecule has 0 unspecified atom stereocenters. The normalized spacial score (nSPS) is 23.6. The van der Waals surface area contributed by atoms with Crippen molar-refractivity contribution >= 4 is 34.9 Å². The van der Waals surface area contributed by atoms with Crippen LogP contribution in [0.1, 0.15) is 32.1 Å². The third-order valence-corrected chi connectivity index (χ3v) is 6.83. The second-order valence-electron chi connectivity index (χ2n) is 8.18. The van der Waals surface area contributed by atoms with Crippen molar-refractivity contribution in [3.8, 4) is 0 Å². The first-order chi connectivity index (χ1) is 13.0. The highest BCUT2D eigenvalue weighted by Gasteiger charge is 2.37. The minimum atomic E-state index is -0.394. The minimum absolute atomic E-state index is 0.233. The van der Waals surface area contributed by atoms with Gasteiger partial charge in [-0.15, -0.1) is 0 Å². The van der Waals surface area contributed by atoms with E-state index in [9.17, 15) is 9.59 Å². The van der Waals surface area contributed by atoms with E-state index in [-0.39, 0.29) is 5.91 Å². The summed E-state index contributed by atoms with van der Waals surface area (Å²) in [7, 11) is 2.21. The summed E-state index contributed by atoms with van der Waals surface area (Å²) in [5, 5.41) is 2.90. The molecule has 3 amide bonds. The Kier molecular flexibility index (Phi) is 5.03. The molecule has 3 fully saturated rings. The number of anilines is 2. The Morgan fingerprint density at radius 1 is 1.00 bits per heavy atom. The SMILES string of the molecule is CN1CCC2(CC1)CCN(c1ccc(Cl)c(N3CCC(=O)NC3=O)c1)CC2. The van der Waals surface area contributed by atoms with Gasteiger partial charge in [0.2, 0.25) is 5.91 Å². The van der Waals surface area contributed by atoms with E-state index in [1.165, 1.54) is 38.8 Å². The van der Waals surface area contributed by atoms with Crippen LogP contribution in [0.4, 0.5) is 16.2 Å². The van der Waals surface area contributed by atoms with Crippen LogP contribution in [0.25, 0.3) is 0 Å². The van der Waals surface area contributed by atoms with Gasteiger partial charge in [0.25, 0.3) is 0 Å². The number of nitrogens with one attached hydrogen (secondary N) is 1. The summed E-state index contributed by atoms with van der Waals surface area (Å²) in [6.07, 6.45) is 5.33. The minimum Gasteiger partial charge on any atom is -0.371 e. The molecule has 27 heavy (non-hydrogen) atoms. The third kappa shape index (κ3) is 3.78. The van der Waals surface area contributed by atoms with E-state index in [4.69, 9.17) is 11.6 Å². The maximum absolute atomic E-state index is 12.2. The molecule has 1 spiro atoms. The van der Waals surface area contributed by atoms with E-state index in [2.05, 4.69) is 22.2 Å². The number of benzene rings is 1. The Bertz CT molecular complexity index is 735. The molecule has 1 aromatic carbocycles. The molecule has 6 nitrogen and oxygen atoms in total. The average Bonchev–Trinajstić information content (AvgIpc) is 2.66. The van der Waals surface area contributed by atoms with Gasteiger partial charge < -0.3 is 9.80 Å². The molecule has 1 aromatic rings. The molecule has 0 radical (unpaired) electrons. The van der Waals surface area contributed by atoms with Gasteiger partial charge in [-0.05, 0) is 69.4 Å². The van der Waals surface area contributed by atoms with Crippen LogP contribution in [0, 0.1) is 5.41 Å². The highest BCUT2D eigenvalue weighted by atomic mass is 35.5. The Labute approximate surface area is 165 Å². The molecule has 146 valence electrons. The first kappa shape index (κ1) is 18.6. The number of rotatable bonds is 2. The van der Waals surface area contributed by atoms with E-state index in [0.29, 0.717) is 29.1 Å². The van der Waals surface area contributed by atoms with Crippen LogP contribution in [0.15, 0.2) is 18.2 Å². The fourth-order valence-corrected chi connectivity index (χ4v) is 4.75. The summed E-state index contributed by atoms with van der Waals surface area (Å²) in [5.74, 6) is -0.233. The maximum atomic E-state index is 12.2. The zero-order valence-corrected chi connectivity index (χ0v) is 16.6. The summed E-state index contributed by atoms with van der Waals surface area (Å²) < 4.78 is 0. The quantitative estimate of drug-likeness (QED) is 0.843. The number of hydrogen-bond acceptors (Lipinski definition) is 4. The van der Waals surface area contributed by atoms with E-state index in [1.54, 1.807) is 4.90 Å². The number of carbonyl (C=O) groups excluding carboxylic acids is 2. The molecule has 0 bridgehead atoms. The standard InChI is InChI=1S/C20H27ClN4O2/c1-23-10-5-20(6-11-23)7-12-24(13-8-20)15-2-3-16(21)17(14-15)25-9-4-18(26)22-19(25)27/h2-3,14H,4-13H2,1H3,(H,22,26,27). The molecule has 3 aliphatic heterocycles. The fourth-order valence-electron chi connectivity index (χ4n) is 4.53. The molecule has 0 saturated carbocycles. The molecule has 0 aliphatic carbocycles. The van der Waals surface area contributed by atoms with Crippen LogP contribution >= 0.6 is 11.6 Å². The van der Waals surface area contributed by atoms with Crippen molar-refractivity contribution in [3.05, 3.63) is 23.2 Å². The summed E-state index contributed by atoms with van der Waals surface area (Å²) in [4.78, 5) is 30.0. The zero-order valence-electron chi connectivity index (χ0n) is 15.8. The smallest absolute Gasteiger partial charge is 0.328 e. The van der Waals surface area contributed by atoms with Crippen LogP contribution in [0.2, 0.25) is 5.02 Å². The number of urea groups is 1. The second kappa shape index (κ2) is 7.32. The van der Waals surface area contributed by atoms with E-state index >= 15 is 0 Å². The molecule has 4 rings (SSSR count). The predicted molar refractivity (Wildman–Crippen MR) is 108 cm³/mol. The predicted octanol–water partition coefficient (Wildman–Crippen LogP) is 3.10. The summed E-state index contributed by atoms with van der Waals surface area (Å²) in [6, 6.07) is 5.49. The second-order valence-corrected chi connectivity index (χ2v) is 8.59. The number of amides is 3. The maximum Gasteiger partial charge on any atom is 0.328 e. The number of likely N-dealkylation sites (tertiary alicyclic amines) is 1. The van der Waals surface area contributed by atoms with Gasteiger partial charge in [-0.1, -0.05) is 11.6 Å². The number of halogens is 1. The van der Waals surface area contributed by atoms with Gasteiger partial charge in [-0.3, -0.25) is 15.0 Å². The van der Waals surface area contributed by atoms with Gasteiger partial charge in [0.05, 0.1) is 10.7 Å². The average molecular weight is 391 g/mol. The molecule has 3 heterocycles. The number of nitrogens with zero attached hydrogens (tertiary/aromatic N) is 3. The Morgan fingerprint density at radius 2 is 1.67 bits per heavy atom. The lowest BCUT2D eigenvalue weighted by Crippen LogP contribution is -2.49. The topological polar surface area (TPSA) is 55.9 Å². The van der Waals surface area contributed by atoms with E-state index in [1.807, 2.05) is 18.2 Å². The highest BCUT2D eigenvalue weighted by molar-refractivity contribution is 6.34. The van der Waals surface area contributed by atoms with Crippen LogP contribution in [0.5, 0.6) is 0 Å². The van der Waals surface area contributed by atoms with Crippen LogP contribution in [-0.2, 0) is 4.79 Å². The third-order valence-electron chi connectivity index (χ3n) is 6.51. The number of piperidine rings is 2. The zero-order chi connectivity index (χ0) is 19.0. The molecule has 1 N–H and O–H groups in total. The molecule has 0 aromatic heterocycles. The molecule has 3 saturated heterocycles. The van der Waals surface area contributed by atoms with E-state index < -0.39 is 6.03 Å². The largest absolute Gasteiger partial charge is 0.371 e. The Balaban J connectivity index is 1.47. The lowest BCUT2D eigenvalue weighted by molar-refractivity contribution is -0.120. The number of hydrogen-bond donors (Lipinski definition) is 1. The van der Waals surface area contributed by atoms with Crippen molar-refractivity contribution in [2.24, 2.45) is 5.41 Å². The Morgan fingerprint density at radius 3 is 2.33 bits per heavy atom. The number of carbonyl (C=O) groups is 2. The molecular formula is C20H27ClN4O2. The molecular weight excluding hydrogens is 364 g/mol. The van der Waals surface area contributed by atoms with Crippen molar-refractivity contribution in [2.75, 3.05) is 49.6 Å². The number of imide groups is 1. The van der Waals surface area contributed by atoms with Crippen LogP contribution in [0.3, 0.4) is 0 Å². The van der Waals surface area contributed by atoms with Gasteiger partial charge in [-0.25, -0.2) is 4.79 Å². The molecule has 0 atom stereocenters. The lowest BCUT2D eigenvalue weighted by Gasteiger charge is -2.47. The van der Waals surface area contributed by atoms with Gasteiger partial charge in [0.15, 0.2) is 0 Å². The van der Waals surface area contributed by atoms with Gasteiger partial charge >= 0.3 is 6.03 Å². The van der Waals surface area contributed by atoms with Crippen LogP contribution in [-0.4, -0.2) is 56.6 Å². The highest BCUT2D eigenvalue weighted by Crippen LogP contribution is 2.42. The van der Waals surface area contributed by atoms with Crippen molar-refractivity contribution in [3.63, 3.8) is 0 Å². The van der Waals surface area contributed by atoms with Gasteiger partial charge in [0.1, 0.15) is 0 Å². The van der Waals surface area contributed by atoms with Crippen molar-refractivity contribution in [1.82, 2.24) is 10.2 Å². The first-order valence-corrected chi connectivity index (χ1v) is 10.2. The van der Waals surface area contributed by atoms with Gasteiger partial charge in [-0.2, -0.15) is 0 Å². The van der Waals surface area contributed by atoms with Crippen molar-refractivity contribution < 1.29 is 9.59 Å². The monoisotopic (exact) mass is 390 g/mol. The fraction of sp³-hybridized carbons (Fsp3) is 0.600. The molecule has 3 aliphatic rings. The first-order valence-electron chi connectivity index (χ1n) is 9.80. The van der Waals surface area contributed by atoms with E-state index in [0.717, 1.165) is 18.8 Å². The van der Waals surface area contributed by atoms with Crippen LogP contribution < -0.4 is 15.1 Å². The summed E-state index contributed by atoms with van der Waals surface area (Å²) in [6.45, 7) is 4.84. The van der Waals surface area contributed by atoms with Crippen molar-refractivity contribution in [2.45, 2.75) is 32.1 Å². The molecule has 7 heteroatoms. The lowest BCUT2D eigenvalue weighted by atomic mass is 9.71. The summed E-state index contributed by atoms with van der Waals surface area (Å²) in [5.41, 5.74) is 2.28.